The summed E-state index contributed by atoms with van der Waals surface area (Å²) in [6.07, 6.45) is 2.47. The van der Waals surface area contributed by atoms with Crippen LogP contribution < -0.4 is 4.74 Å². The van der Waals surface area contributed by atoms with E-state index in [2.05, 4.69) is 4.98 Å². The maximum Gasteiger partial charge on any atom is 0.252 e. The van der Waals surface area contributed by atoms with E-state index >= 15 is 0 Å². The van der Waals surface area contributed by atoms with Gasteiger partial charge in [0.25, 0.3) is 5.91 Å². The van der Waals surface area contributed by atoms with Crippen LogP contribution in [0.25, 0.3) is 10.9 Å². The van der Waals surface area contributed by atoms with Crippen molar-refractivity contribution in [2.75, 3.05) is 20.3 Å². The Kier molecular flexibility index (Phi) is 3.30. The molecular weight excluding hydrogens is 280 g/mol. The number of hydrogen-bond acceptors (Lipinski definition) is 3. The molecule has 3 heterocycles. The molecule has 1 aromatic heterocycles. The molecule has 1 N–H and O–H groups in total. The highest BCUT2D eigenvalue weighted by Crippen LogP contribution is 2.31. The summed E-state index contributed by atoms with van der Waals surface area (Å²) in [6, 6.07) is 6.04. The zero-order chi connectivity index (χ0) is 15.1. The standard InChI is InChI=1S/C17H20N2O3/c1-21-11-4-5-14-12(9-11)13-10-19(7-6-15(13)18-14)17(20)16-3-2-8-22-16/h4-5,9,16,18H,2-3,6-8,10H2,1H3/t16-/m0/s1. The van der Waals surface area contributed by atoms with Crippen molar-refractivity contribution in [1.29, 1.82) is 0 Å². The van der Waals surface area contributed by atoms with Crippen molar-refractivity contribution in [3.8, 4) is 5.75 Å². The summed E-state index contributed by atoms with van der Waals surface area (Å²) >= 11 is 0. The van der Waals surface area contributed by atoms with Gasteiger partial charge in [0.05, 0.1) is 7.11 Å². The van der Waals surface area contributed by atoms with Crippen LogP contribution in [-0.4, -0.2) is 42.2 Å². The van der Waals surface area contributed by atoms with Crippen molar-refractivity contribution in [1.82, 2.24) is 9.88 Å². The molecule has 0 spiro atoms. The van der Waals surface area contributed by atoms with E-state index in [0.29, 0.717) is 13.2 Å². The molecule has 0 bridgehead atoms. The molecule has 22 heavy (non-hydrogen) atoms. The van der Waals surface area contributed by atoms with Gasteiger partial charge in [-0.3, -0.25) is 4.79 Å². The molecule has 5 heteroatoms. The highest BCUT2D eigenvalue weighted by molar-refractivity contribution is 5.88. The average Bonchev–Trinajstić information content (AvgIpc) is 3.20. The molecule has 0 radical (unpaired) electrons. The largest absolute Gasteiger partial charge is 0.497 e. The van der Waals surface area contributed by atoms with Gasteiger partial charge >= 0.3 is 0 Å². The molecule has 1 saturated heterocycles. The van der Waals surface area contributed by atoms with Crippen LogP contribution in [0, 0.1) is 0 Å². The molecule has 0 unspecified atom stereocenters. The Balaban J connectivity index is 1.65. The number of methoxy groups -OCH3 is 1. The third-order valence-corrected chi connectivity index (χ3v) is 4.70. The first-order valence-corrected chi connectivity index (χ1v) is 7.84. The van der Waals surface area contributed by atoms with E-state index in [1.807, 2.05) is 23.1 Å². The number of carbonyl (C=O) groups excluding carboxylic acids is 1. The van der Waals surface area contributed by atoms with Gasteiger partial charge in [-0.2, -0.15) is 0 Å². The fourth-order valence-electron chi connectivity index (χ4n) is 3.48. The predicted molar refractivity (Wildman–Crippen MR) is 82.9 cm³/mol. The van der Waals surface area contributed by atoms with Crippen LogP contribution in [0.1, 0.15) is 24.1 Å². The van der Waals surface area contributed by atoms with Gasteiger partial charge in [0.15, 0.2) is 0 Å². The van der Waals surface area contributed by atoms with E-state index in [1.54, 1.807) is 7.11 Å². The summed E-state index contributed by atoms with van der Waals surface area (Å²) in [5.74, 6) is 0.984. The summed E-state index contributed by atoms with van der Waals surface area (Å²) in [4.78, 5) is 18.0. The first-order chi connectivity index (χ1) is 10.8. The molecule has 1 aromatic carbocycles. The Bertz CT molecular complexity index is 716. The van der Waals surface area contributed by atoms with Gasteiger partial charge in [0.1, 0.15) is 11.9 Å². The third-order valence-electron chi connectivity index (χ3n) is 4.70. The minimum atomic E-state index is -0.235. The summed E-state index contributed by atoms with van der Waals surface area (Å²) < 4.78 is 10.9. The number of aromatic amines is 1. The summed E-state index contributed by atoms with van der Waals surface area (Å²) in [5, 5.41) is 1.15. The summed E-state index contributed by atoms with van der Waals surface area (Å²) in [5.41, 5.74) is 3.56. The van der Waals surface area contributed by atoms with Crippen LogP contribution in [0.3, 0.4) is 0 Å². The van der Waals surface area contributed by atoms with Crippen LogP contribution in [0.5, 0.6) is 5.75 Å². The van der Waals surface area contributed by atoms with Crippen molar-refractivity contribution in [3.63, 3.8) is 0 Å². The van der Waals surface area contributed by atoms with E-state index in [0.717, 1.165) is 42.5 Å². The van der Waals surface area contributed by atoms with Gasteiger partial charge in [-0.1, -0.05) is 0 Å². The van der Waals surface area contributed by atoms with Gasteiger partial charge in [0.2, 0.25) is 0 Å². The summed E-state index contributed by atoms with van der Waals surface area (Å²) in [6.45, 7) is 2.12. The maximum absolute atomic E-state index is 12.6. The van der Waals surface area contributed by atoms with Crippen molar-refractivity contribution >= 4 is 16.8 Å². The Morgan fingerprint density at radius 1 is 1.45 bits per heavy atom. The van der Waals surface area contributed by atoms with E-state index in [1.165, 1.54) is 11.3 Å². The fraction of sp³-hybridized carbons (Fsp3) is 0.471. The van der Waals surface area contributed by atoms with E-state index in [-0.39, 0.29) is 12.0 Å². The zero-order valence-electron chi connectivity index (χ0n) is 12.7. The Morgan fingerprint density at radius 2 is 2.36 bits per heavy atom. The number of amides is 1. The van der Waals surface area contributed by atoms with Crippen LogP contribution in [0.2, 0.25) is 0 Å². The normalized spacial score (nSPS) is 21.1. The molecule has 2 aliphatic heterocycles. The number of nitrogens with zero attached hydrogens (tertiary/aromatic N) is 1. The molecule has 5 nitrogen and oxygen atoms in total. The second-order valence-corrected chi connectivity index (χ2v) is 6.01. The number of H-pyrrole nitrogens is 1. The van der Waals surface area contributed by atoms with E-state index in [4.69, 9.17) is 9.47 Å². The predicted octanol–water partition coefficient (Wildman–Crippen LogP) is 2.24. The highest BCUT2D eigenvalue weighted by Gasteiger charge is 2.31. The lowest BCUT2D eigenvalue weighted by Crippen LogP contribution is -2.41. The number of rotatable bonds is 2. The number of hydrogen-bond donors (Lipinski definition) is 1. The van der Waals surface area contributed by atoms with Crippen molar-refractivity contribution < 1.29 is 14.3 Å². The van der Waals surface area contributed by atoms with E-state index in [9.17, 15) is 4.79 Å². The first kappa shape index (κ1) is 13.6. The Hall–Kier alpha value is -2.01. The Labute approximate surface area is 129 Å². The van der Waals surface area contributed by atoms with Gasteiger partial charge in [-0.15, -0.1) is 0 Å². The van der Waals surface area contributed by atoms with E-state index < -0.39 is 0 Å². The Morgan fingerprint density at radius 3 is 3.14 bits per heavy atom. The topological polar surface area (TPSA) is 54.6 Å². The molecule has 1 atom stereocenters. The van der Waals surface area contributed by atoms with Crippen LogP contribution in [0.4, 0.5) is 0 Å². The number of nitrogens with one attached hydrogen (secondary N) is 1. The summed E-state index contributed by atoms with van der Waals surface area (Å²) in [7, 11) is 1.67. The molecule has 2 aliphatic rings. The second-order valence-electron chi connectivity index (χ2n) is 6.01. The van der Waals surface area contributed by atoms with Crippen LogP contribution in [0.15, 0.2) is 18.2 Å². The van der Waals surface area contributed by atoms with Gasteiger partial charge < -0.3 is 19.4 Å². The lowest BCUT2D eigenvalue weighted by Gasteiger charge is -2.29. The molecule has 0 saturated carbocycles. The number of fused-ring (bicyclic) bond motifs is 3. The second kappa shape index (κ2) is 5.32. The van der Waals surface area contributed by atoms with Gasteiger partial charge in [0, 0.05) is 48.3 Å². The molecule has 1 fully saturated rings. The minimum Gasteiger partial charge on any atom is -0.497 e. The fourth-order valence-corrected chi connectivity index (χ4v) is 3.48. The first-order valence-electron chi connectivity index (χ1n) is 7.84. The molecule has 1 amide bonds. The molecule has 2 aromatic rings. The number of benzene rings is 1. The number of carbonyl (C=O) groups is 1. The highest BCUT2D eigenvalue weighted by atomic mass is 16.5. The third kappa shape index (κ3) is 2.16. The van der Waals surface area contributed by atoms with Crippen molar-refractivity contribution in [3.05, 3.63) is 29.5 Å². The lowest BCUT2D eigenvalue weighted by atomic mass is 10.0. The van der Waals surface area contributed by atoms with Crippen LogP contribution >= 0.6 is 0 Å². The molecule has 4 rings (SSSR count). The monoisotopic (exact) mass is 300 g/mol. The smallest absolute Gasteiger partial charge is 0.252 e. The molecule has 0 aliphatic carbocycles. The average molecular weight is 300 g/mol. The zero-order valence-corrected chi connectivity index (χ0v) is 12.7. The van der Waals surface area contributed by atoms with Crippen molar-refractivity contribution in [2.24, 2.45) is 0 Å². The number of ether oxygens (including phenoxy) is 2. The van der Waals surface area contributed by atoms with Crippen molar-refractivity contribution in [2.45, 2.75) is 31.9 Å². The van der Waals surface area contributed by atoms with Gasteiger partial charge in [-0.25, -0.2) is 0 Å². The quantitative estimate of drug-likeness (QED) is 0.925. The van der Waals surface area contributed by atoms with Gasteiger partial charge in [-0.05, 0) is 31.0 Å². The molecule has 116 valence electrons. The SMILES string of the molecule is COc1ccc2[nH]c3c(c2c1)CN(C(=O)[C@@H]1CCCO1)CC3. The van der Waals surface area contributed by atoms with Crippen LogP contribution in [-0.2, 0) is 22.5 Å². The molecular formula is C17H20N2O3. The minimum absolute atomic E-state index is 0.139. The maximum atomic E-state index is 12.6. The number of aromatic nitrogens is 1. The lowest BCUT2D eigenvalue weighted by molar-refractivity contribution is -0.141.